The number of pyridine rings is 1. The van der Waals surface area contributed by atoms with Gasteiger partial charge in [0, 0.05) is 6.07 Å². The van der Waals surface area contributed by atoms with Crippen LogP contribution < -0.4 is 10.1 Å². The standard InChI is InChI=1S/C16H17N3O4/c1-23-14-7-6-10(8-17-14)18-13(20)9-19-15(21)11-4-2-3-5-12(11)16(19)22/h2-3,6-8,11-12H,4-5,9H2,1H3,(H,18,20)/t11-,12-/m1/s1. The minimum atomic E-state index is -0.426. The fourth-order valence-corrected chi connectivity index (χ4v) is 2.94. The second-order valence-electron chi connectivity index (χ2n) is 5.56. The van der Waals surface area contributed by atoms with Crippen LogP contribution in [-0.2, 0) is 14.4 Å². The Bertz CT molecular complexity index is 642. The molecule has 0 bridgehead atoms. The minimum Gasteiger partial charge on any atom is -0.481 e. The fourth-order valence-electron chi connectivity index (χ4n) is 2.94. The lowest BCUT2D eigenvalue weighted by molar-refractivity contribution is -0.142. The molecule has 0 spiro atoms. The molecular weight excluding hydrogens is 298 g/mol. The molecule has 3 rings (SSSR count). The highest BCUT2D eigenvalue weighted by atomic mass is 16.5. The maximum Gasteiger partial charge on any atom is 0.244 e. The lowest BCUT2D eigenvalue weighted by Gasteiger charge is -2.14. The number of methoxy groups -OCH3 is 1. The average molecular weight is 315 g/mol. The second-order valence-corrected chi connectivity index (χ2v) is 5.56. The van der Waals surface area contributed by atoms with Gasteiger partial charge in [0.15, 0.2) is 0 Å². The van der Waals surface area contributed by atoms with Gasteiger partial charge in [0.25, 0.3) is 0 Å². The number of fused-ring (bicyclic) bond motifs is 1. The zero-order valence-corrected chi connectivity index (χ0v) is 12.7. The Morgan fingerprint density at radius 1 is 1.26 bits per heavy atom. The van der Waals surface area contributed by atoms with Gasteiger partial charge in [-0.2, -0.15) is 0 Å². The topological polar surface area (TPSA) is 88.6 Å². The van der Waals surface area contributed by atoms with Gasteiger partial charge in [-0.1, -0.05) is 12.2 Å². The Labute approximate surface area is 133 Å². The van der Waals surface area contributed by atoms with Gasteiger partial charge in [0.05, 0.1) is 30.8 Å². The number of amides is 3. The van der Waals surface area contributed by atoms with E-state index in [1.54, 1.807) is 12.1 Å². The number of ether oxygens (including phenoxy) is 1. The first kappa shape index (κ1) is 15.2. The highest BCUT2D eigenvalue weighted by Crippen LogP contribution is 2.34. The first-order chi connectivity index (χ1) is 11.1. The zero-order chi connectivity index (χ0) is 16.4. The molecule has 7 heteroatoms. The largest absolute Gasteiger partial charge is 0.481 e. The molecule has 1 aromatic heterocycles. The highest BCUT2D eigenvalue weighted by molar-refractivity contribution is 6.08. The molecule has 1 aromatic rings. The van der Waals surface area contributed by atoms with Crippen molar-refractivity contribution in [2.24, 2.45) is 11.8 Å². The predicted molar refractivity (Wildman–Crippen MR) is 81.5 cm³/mol. The van der Waals surface area contributed by atoms with Crippen molar-refractivity contribution in [2.45, 2.75) is 12.8 Å². The third-order valence-electron chi connectivity index (χ3n) is 4.13. The van der Waals surface area contributed by atoms with E-state index < -0.39 is 5.91 Å². The molecule has 1 aliphatic carbocycles. The molecule has 1 N–H and O–H groups in total. The van der Waals surface area contributed by atoms with Crippen molar-refractivity contribution in [1.29, 1.82) is 0 Å². The van der Waals surface area contributed by atoms with E-state index in [1.165, 1.54) is 13.3 Å². The van der Waals surface area contributed by atoms with Crippen LogP contribution in [0.3, 0.4) is 0 Å². The smallest absolute Gasteiger partial charge is 0.244 e. The van der Waals surface area contributed by atoms with E-state index in [4.69, 9.17) is 4.74 Å². The summed E-state index contributed by atoms with van der Waals surface area (Å²) in [5, 5.41) is 2.62. The first-order valence-electron chi connectivity index (χ1n) is 7.40. The zero-order valence-electron chi connectivity index (χ0n) is 12.7. The van der Waals surface area contributed by atoms with Gasteiger partial charge < -0.3 is 10.1 Å². The number of carbonyl (C=O) groups excluding carboxylic acids is 3. The molecule has 7 nitrogen and oxygen atoms in total. The monoisotopic (exact) mass is 315 g/mol. The molecular formula is C16H17N3O4. The molecule has 23 heavy (non-hydrogen) atoms. The molecule has 1 saturated heterocycles. The molecule has 0 unspecified atom stereocenters. The molecule has 3 amide bonds. The van der Waals surface area contributed by atoms with Gasteiger partial charge in [0.1, 0.15) is 6.54 Å². The summed E-state index contributed by atoms with van der Waals surface area (Å²) in [5.74, 6) is -1.14. The number of anilines is 1. The molecule has 2 heterocycles. The lowest BCUT2D eigenvalue weighted by Crippen LogP contribution is -2.38. The summed E-state index contributed by atoms with van der Waals surface area (Å²) in [5.41, 5.74) is 0.481. The van der Waals surface area contributed by atoms with Crippen molar-refractivity contribution in [3.63, 3.8) is 0 Å². The van der Waals surface area contributed by atoms with Gasteiger partial charge in [0.2, 0.25) is 23.6 Å². The third-order valence-corrected chi connectivity index (χ3v) is 4.13. The van der Waals surface area contributed by atoms with E-state index in [1.807, 2.05) is 12.2 Å². The summed E-state index contributed by atoms with van der Waals surface area (Å²) in [4.78, 5) is 41.7. The number of likely N-dealkylation sites (tertiary alicyclic amines) is 1. The van der Waals surface area contributed by atoms with Crippen molar-refractivity contribution < 1.29 is 19.1 Å². The van der Waals surface area contributed by atoms with Crippen molar-refractivity contribution >= 4 is 23.4 Å². The van der Waals surface area contributed by atoms with Crippen molar-refractivity contribution in [1.82, 2.24) is 9.88 Å². The van der Waals surface area contributed by atoms with Gasteiger partial charge >= 0.3 is 0 Å². The van der Waals surface area contributed by atoms with E-state index in [0.29, 0.717) is 24.4 Å². The number of imide groups is 1. The average Bonchev–Trinajstić information content (AvgIpc) is 2.81. The molecule has 0 radical (unpaired) electrons. The Kier molecular flexibility index (Phi) is 4.10. The fraction of sp³-hybridized carbons (Fsp3) is 0.375. The molecule has 1 fully saturated rings. The van der Waals surface area contributed by atoms with Crippen molar-refractivity contribution in [3.05, 3.63) is 30.5 Å². The lowest BCUT2D eigenvalue weighted by atomic mass is 9.85. The van der Waals surface area contributed by atoms with Crippen LogP contribution in [0.5, 0.6) is 5.88 Å². The third kappa shape index (κ3) is 2.94. The van der Waals surface area contributed by atoms with Crippen LogP contribution in [0, 0.1) is 11.8 Å². The summed E-state index contributed by atoms with van der Waals surface area (Å²) in [6, 6.07) is 3.25. The Balaban J connectivity index is 1.63. The Hall–Kier alpha value is -2.70. The number of nitrogens with zero attached hydrogens (tertiary/aromatic N) is 2. The number of hydrogen-bond acceptors (Lipinski definition) is 5. The summed E-state index contributed by atoms with van der Waals surface area (Å²) in [6.07, 6.45) is 6.41. The number of hydrogen-bond donors (Lipinski definition) is 1. The maximum atomic E-state index is 12.3. The summed E-state index contributed by atoms with van der Waals surface area (Å²) in [7, 11) is 1.50. The number of allylic oxidation sites excluding steroid dienone is 2. The number of carbonyl (C=O) groups is 3. The normalized spacial score (nSPS) is 22.9. The van der Waals surface area contributed by atoms with Crippen LogP contribution in [0.4, 0.5) is 5.69 Å². The van der Waals surface area contributed by atoms with Gasteiger partial charge in [-0.3, -0.25) is 19.3 Å². The van der Waals surface area contributed by atoms with Gasteiger partial charge in [-0.05, 0) is 18.9 Å². The van der Waals surface area contributed by atoms with E-state index in [9.17, 15) is 14.4 Å². The SMILES string of the molecule is COc1ccc(NC(=O)CN2C(=O)[C@@H]3CC=CC[C@H]3C2=O)cn1. The Morgan fingerprint density at radius 2 is 1.91 bits per heavy atom. The molecule has 0 aromatic carbocycles. The van der Waals surface area contributed by atoms with E-state index >= 15 is 0 Å². The Morgan fingerprint density at radius 3 is 2.43 bits per heavy atom. The van der Waals surface area contributed by atoms with Gasteiger partial charge in [-0.25, -0.2) is 4.98 Å². The second kappa shape index (κ2) is 6.20. The van der Waals surface area contributed by atoms with E-state index in [-0.39, 0.29) is 30.2 Å². The van der Waals surface area contributed by atoms with E-state index in [2.05, 4.69) is 10.3 Å². The summed E-state index contributed by atoms with van der Waals surface area (Å²) in [6.45, 7) is -0.267. The number of nitrogens with one attached hydrogen (secondary N) is 1. The van der Waals surface area contributed by atoms with Crippen LogP contribution in [-0.4, -0.2) is 41.3 Å². The van der Waals surface area contributed by atoms with E-state index in [0.717, 1.165) is 4.90 Å². The number of rotatable bonds is 4. The molecule has 0 saturated carbocycles. The molecule has 120 valence electrons. The minimum absolute atomic E-state index is 0.257. The summed E-state index contributed by atoms with van der Waals surface area (Å²) < 4.78 is 4.94. The predicted octanol–water partition coefficient (Wildman–Crippen LogP) is 0.980. The summed E-state index contributed by atoms with van der Waals surface area (Å²) >= 11 is 0. The number of aromatic nitrogens is 1. The van der Waals surface area contributed by atoms with Crippen LogP contribution in [0.25, 0.3) is 0 Å². The van der Waals surface area contributed by atoms with Crippen LogP contribution in [0.2, 0.25) is 0 Å². The van der Waals surface area contributed by atoms with Crippen LogP contribution in [0.1, 0.15) is 12.8 Å². The van der Waals surface area contributed by atoms with Crippen LogP contribution >= 0.6 is 0 Å². The quantitative estimate of drug-likeness (QED) is 0.661. The molecule has 1 aliphatic heterocycles. The van der Waals surface area contributed by atoms with Crippen molar-refractivity contribution in [3.8, 4) is 5.88 Å². The molecule has 2 atom stereocenters. The van der Waals surface area contributed by atoms with Gasteiger partial charge in [-0.15, -0.1) is 0 Å². The highest BCUT2D eigenvalue weighted by Gasteiger charge is 2.47. The molecule has 2 aliphatic rings. The first-order valence-corrected chi connectivity index (χ1v) is 7.40. The van der Waals surface area contributed by atoms with Crippen LogP contribution in [0.15, 0.2) is 30.5 Å². The van der Waals surface area contributed by atoms with Crippen molar-refractivity contribution in [2.75, 3.05) is 19.0 Å². The maximum absolute atomic E-state index is 12.3.